The number of nitrogens with zero attached hydrogens (tertiary/aromatic N) is 1. The Hall–Kier alpha value is -1.55. The molecular weight excluding hydrogens is 230 g/mol. The maximum atomic E-state index is 11.8. The first-order valence-electron chi connectivity index (χ1n) is 6.16. The summed E-state index contributed by atoms with van der Waals surface area (Å²) in [5.41, 5.74) is 1.86. The van der Waals surface area contributed by atoms with Gasteiger partial charge in [-0.05, 0) is 25.8 Å². The van der Waals surface area contributed by atoms with Gasteiger partial charge in [0.25, 0.3) is 0 Å². The Balaban J connectivity index is 2.15. The van der Waals surface area contributed by atoms with Gasteiger partial charge in [-0.1, -0.05) is 29.8 Å². The van der Waals surface area contributed by atoms with Crippen molar-refractivity contribution >= 4 is 6.09 Å². The van der Waals surface area contributed by atoms with Gasteiger partial charge in [-0.3, -0.25) is 4.90 Å². The van der Waals surface area contributed by atoms with Crippen LogP contribution in [0.4, 0.5) is 4.79 Å². The number of amides is 1. The molecule has 0 spiro atoms. The molecule has 1 atom stereocenters. The molecule has 4 heteroatoms. The molecule has 0 saturated carbocycles. The van der Waals surface area contributed by atoms with Crippen molar-refractivity contribution in [2.45, 2.75) is 32.4 Å². The third-order valence-corrected chi connectivity index (χ3v) is 3.49. The number of cyclic esters (lactones) is 1. The van der Waals surface area contributed by atoms with E-state index in [9.17, 15) is 4.79 Å². The molecule has 0 aliphatic carbocycles. The van der Waals surface area contributed by atoms with E-state index in [4.69, 9.17) is 9.84 Å². The molecule has 98 valence electrons. The number of carbonyl (C=O) groups excluding carboxylic acids is 1. The number of hydrogen-bond donors (Lipinski definition) is 1. The summed E-state index contributed by atoms with van der Waals surface area (Å²) in [6.45, 7) is 4.90. The van der Waals surface area contributed by atoms with Gasteiger partial charge in [-0.25, -0.2) is 4.79 Å². The van der Waals surface area contributed by atoms with Gasteiger partial charge in [-0.2, -0.15) is 0 Å². The maximum Gasteiger partial charge on any atom is 0.410 e. The number of carbonyl (C=O) groups is 1. The topological polar surface area (TPSA) is 49.8 Å². The van der Waals surface area contributed by atoms with Crippen LogP contribution in [0.3, 0.4) is 0 Å². The Kier molecular flexibility index (Phi) is 3.57. The molecule has 1 aromatic carbocycles. The molecule has 18 heavy (non-hydrogen) atoms. The number of hydrogen-bond acceptors (Lipinski definition) is 3. The summed E-state index contributed by atoms with van der Waals surface area (Å²) in [7, 11) is 0. The Morgan fingerprint density at radius 3 is 2.67 bits per heavy atom. The van der Waals surface area contributed by atoms with Crippen molar-refractivity contribution < 1.29 is 14.6 Å². The zero-order chi connectivity index (χ0) is 13.2. The van der Waals surface area contributed by atoms with Crippen LogP contribution in [0, 0.1) is 6.92 Å². The number of aliphatic hydroxyl groups is 1. The van der Waals surface area contributed by atoms with Crippen LogP contribution in [0.5, 0.6) is 0 Å². The Morgan fingerprint density at radius 1 is 1.39 bits per heavy atom. The Bertz CT molecular complexity index is 429. The monoisotopic (exact) mass is 249 g/mol. The summed E-state index contributed by atoms with van der Waals surface area (Å²) in [5, 5.41) is 9.10. The zero-order valence-electron chi connectivity index (χ0n) is 10.8. The molecule has 1 unspecified atom stereocenters. The second-order valence-electron chi connectivity index (χ2n) is 5.10. The molecule has 1 aliphatic heterocycles. The normalized spacial score (nSPS) is 23.3. The van der Waals surface area contributed by atoms with Crippen molar-refractivity contribution in [2.24, 2.45) is 0 Å². The van der Waals surface area contributed by atoms with Crippen LogP contribution in [0.2, 0.25) is 0 Å². The van der Waals surface area contributed by atoms with Gasteiger partial charge in [0.2, 0.25) is 0 Å². The van der Waals surface area contributed by atoms with Crippen molar-refractivity contribution in [2.75, 3.05) is 13.2 Å². The Morgan fingerprint density at radius 2 is 2.06 bits per heavy atom. The van der Waals surface area contributed by atoms with E-state index in [-0.39, 0.29) is 12.7 Å². The van der Waals surface area contributed by atoms with E-state index in [0.29, 0.717) is 19.6 Å². The maximum absolute atomic E-state index is 11.8. The van der Waals surface area contributed by atoms with Crippen molar-refractivity contribution in [3.63, 3.8) is 0 Å². The summed E-state index contributed by atoms with van der Waals surface area (Å²) in [6, 6.07) is 8.08. The number of aliphatic hydroxyl groups excluding tert-OH is 1. The van der Waals surface area contributed by atoms with Gasteiger partial charge in [0, 0.05) is 13.2 Å². The van der Waals surface area contributed by atoms with Crippen LogP contribution >= 0.6 is 0 Å². The average Bonchev–Trinajstić information content (AvgIpc) is 2.61. The highest BCUT2D eigenvalue weighted by Gasteiger charge is 2.42. The van der Waals surface area contributed by atoms with E-state index in [1.807, 2.05) is 38.1 Å². The molecule has 1 amide bonds. The van der Waals surface area contributed by atoms with Gasteiger partial charge in [0.1, 0.15) is 6.61 Å². The fraction of sp³-hybridized carbons (Fsp3) is 0.500. The first-order valence-corrected chi connectivity index (χ1v) is 6.16. The van der Waals surface area contributed by atoms with E-state index in [2.05, 4.69) is 0 Å². The van der Waals surface area contributed by atoms with Crippen LogP contribution < -0.4 is 0 Å². The smallest absolute Gasteiger partial charge is 0.410 e. The van der Waals surface area contributed by atoms with Crippen molar-refractivity contribution in [1.29, 1.82) is 0 Å². The minimum absolute atomic E-state index is 0.0531. The molecule has 0 bridgehead atoms. The van der Waals surface area contributed by atoms with E-state index < -0.39 is 5.54 Å². The lowest BCUT2D eigenvalue weighted by Gasteiger charge is -2.31. The first kappa shape index (κ1) is 12.9. The van der Waals surface area contributed by atoms with Gasteiger partial charge >= 0.3 is 6.09 Å². The van der Waals surface area contributed by atoms with Crippen molar-refractivity contribution in [3.05, 3.63) is 35.4 Å². The molecule has 4 nitrogen and oxygen atoms in total. The van der Waals surface area contributed by atoms with Crippen LogP contribution in [0.15, 0.2) is 24.3 Å². The van der Waals surface area contributed by atoms with Gasteiger partial charge in [0.15, 0.2) is 0 Å². The fourth-order valence-corrected chi connectivity index (χ4v) is 2.17. The highest BCUT2D eigenvalue weighted by Crippen LogP contribution is 2.29. The van der Waals surface area contributed by atoms with Crippen LogP contribution in [-0.4, -0.2) is 34.9 Å². The van der Waals surface area contributed by atoms with Crippen LogP contribution in [0.1, 0.15) is 24.5 Å². The van der Waals surface area contributed by atoms with E-state index in [0.717, 1.165) is 5.56 Å². The second-order valence-corrected chi connectivity index (χ2v) is 5.10. The SMILES string of the molecule is Cc1ccc(CN2C(=O)OCC2(C)CCO)cc1. The number of ether oxygens (including phenoxy) is 1. The minimum atomic E-state index is -0.406. The van der Waals surface area contributed by atoms with Crippen molar-refractivity contribution in [1.82, 2.24) is 4.90 Å². The van der Waals surface area contributed by atoms with E-state index in [1.165, 1.54) is 5.56 Å². The second kappa shape index (κ2) is 4.98. The van der Waals surface area contributed by atoms with E-state index >= 15 is 0 Å². The number of benzene rings is 1. The molecule has 1 fully saturated rings. The molecule has 1 N–H and O–H groups in total. The fourth-order valence-electron chi connectivity index (χ4n) is 2.17. The number of aryl methyl sites for hydroxylation is 1. The van der Waals surface area contributed by atoms with Crippen LogP contribution in [-0.2, 0) is 11.3 Å². The molecule has 1 aromatic rings. The lowest BCUT2D eigenvalue weighted by Crippen LogP contribution is -2.44. The third kappa shape index (κ3) is 2.48. The van der Waals surface area contributed by atoms with Gasteiger partial charge in [0.05, 0.1) is 5.54 Å². The molecule has 2 rings (SSSR count). The van der Waals surface area contributed by atoms with Gasteiger partial charge < -0.3 is 9.84 Å². The summed E-state index contributed by atoms with van der Waals surface area (Å²) in [5.74, 6) is 0. The summed E-state index contributed by atoms with van der Waals surface area (Å²) in [6.07, 6.45) is 0.233. The summed E-state index contributed by atoms with van der Waals surface area (Å²) < 4.78 is 5.11. The lowest BCUT2D eigenvalue weighted by atomic mass is 9.97. The first-order chi connectivity index (χ1) is 8.55. The number of rotatable bonds is 4. The lowest BCUT2D eigenvalue weighted by molar-refractivity contribution is 0.131. The molecule has 0 aromatic heterocycles. The third-order valence-electron chi connectivity index (χ3n) is 3.49. The standard InChI is InChI=1S/C14H19NO3/c1-11-3-5-12(6-4-11)9-15-13(17)18-10-14(15,2)7-8-16/h3-6,16H,7-10H2,1-2H3. The summed E-state index contributed by atoms with van der Waals surface area (Å²) >= 11 is 0. The molecule has 1 saturated heterocycles. The Labute approximate surface area is 107 Å². The average molecular weight is 249 g/mol. The molecule has 1 heterocycles. The zero-order valence-corrected chi connectivity index (χ0v) is 10.8. The summed E-state index contributed by atoms with van der Waals surface area (Å²) in [4.78, 5) is 13.5. The van der Waals surface area contributed by atoms with E-state index in [1.54, 1.807) is 4.90 Å². The largest absolute Gasteiger partial charge is 0.447 e. The predicted octanol–water partition coefficient (Wildman–Crippen LogP) is 2.09. The highest BCUT2D eigenvalue weighted by molar-refractivity contribution is 5.71. The predicted molar refractivity (Wildman–Crippen MR) is 68.2 cm³/mol. The quantitative estimate of drug-likeness (QED) is 0.889. The highest BCUT2D eigenvalue weighted by atomic mass is 16.6. The minimum Gasteiger partial charge on any atom is -0.447 e. The van der Waals surface area contributed by atoms with Crippen molar-refractivity contribution in [3.8, 4) is 0 Å². The molecule has 0 radical (unpaired) electrons. The molecular formula is C14H19NO3. The van der Waals surface area contributed by atoms with Crippen LogP contribution in [0.25, 0.3) is 0 Å². The van der Waals surface area contributed by atoms with Gasteiger partial charge in [-0.15, -0.1) is 0 Å². The molecule has 1 aliphatic rings.